The molecule has 2 rings (SSSR count). The number of aromatic amines is 1. The van der Waals surface area contributed by atoms with E-state index in [4.69, 9.17) is 0 Å². The number of anilines is 1. The predicted molar refractivity (Wildman–Crippen MR) is 73.6 cm³/mol. The number of nitrogens with zero attached hydrogens (tertiary/aromatic N) is 3. The molecule has 8 nitrogen and oxygen atoms in total. The number of aromatic nitrogens is 3. The second-order valence-corrected chi connectivity index (χ2v) is 4.85. The Labute approximate surface area is 118 Å². The number of thioether (sulfide) groups is 1. The summed E-state index contributed by atoms with van der Waals surface area (Å²) in [7, 11) is 0. The molecule has 0 fully saturated rings. The molecule has 0 unspecified atom stereocenters. The van der Waals surface area contributed by atoms with Gasteiger partial charge in [0.2, 0.25) is 5.91 Å². The van der Waals surface area contributed by atoms with E-state index in [2.05, 4.69) is 20.5 Å². The van der Waals surface area contributed by atoms with E-state index < -0.39 is 4.92 Å². The Bertz CT molecular complexity index is 629. The normalized spacial score (nSPS) is 10.2. The van der Waals surface area contributed by atoms with E-state index in [1.54, 1.807) is 13.0 Å². The van der Waals surface area contributed by atoms with Crippen molar-refractivity contribution in [1.82, 2.24) is 15.2 Å². The van der Waals surface area contributed by atoms with Crippen LogP contribution in [0.2, 0.25) is 0 Å². The van der Waals surface area contributed by atoms with Crippen LogP contribution in [0.5, 0.6) is 0 Å². The lowest BCUT2D eigenvalue weighted by molar-refractivity contribution is -0.384. The maximum atomic E-state index is 11.8. The smallest absolute Gasteiger partial charge is 0.271 e. The first-order chi connectivity index (χ1) is 9.56. The van der Waals surface area contributed by atoms with Crippen molar-refractivity contribution in [3.05, 3.63) is 40.2 Å². The van der Waals surface area contributed by atoms with E-state index in [1.165, 1.54) is 30.2 Å². The largest absolute Gasteiger partial charge is 0.325 e. The van der Waals surface area contributed by atoms with E-state index in [9.17, 15) is 14.9 Å². The van der Waals surface area contributed by atoms with Gasteiger partial charge in [-0.1, -0.05) is 17.8 Å². The Balaban J connectivity index is 2.00. The van der Waals surface area contributed by atoms with Crippen molar-refractivity contribution in [2.24, 2.45) is 0 Å². The fraction of sp³-hybridized carbons (Fsp3) is 0.182. The first-order valence-corrected chi connectivity index (χ1v) is 6.58. The lowest BCUT2D eigenvalue weighted by atomic mass is 10.2. The van der Waals surface area contributed by atoms with Crippen molar-refractivity contribution in [3.8, 4) is 0 Å². The maximum absolute atomic E-state index is 11.8. The van der Waals surface area contributed by atoms with Gasteiger partial charge in [0.1, 0.15) is 6.33 Å². The Morgan fingerprint density at radius 2 is 2.35 bits per heavy atom. The molecular weight excluding hydrogens is 282 g/mol. The predicted octanol–water partition coefficient (Wildman–Crippen LogP) is 1.75. The summed E-state index contributed by atoms with van der Waals surface area (Å²) in [6.45, 7) is 1.77. The van der Waals surface area contributed by atoms with Crippen LogP contribution in [-0.2, 0) is 4.79 Å². The van der Waals surface area contributed by atoms with Crippen LogP contribution in [0.3, 0.4) is 0 Å². The third kappa shape index (κ3) is 3.54. The molecule has 0 radical (unpaired) electrons. The topological polar surface area (TPSA) is 114 Å². The molecule has 2 aromatic rings. The number of amides is 1. The molecule has 104 valence electrons. The first-order valence-electron chi connectivity index (χ1n) is 5.59. The number of non-ortho nitro benzene ring substituents is 1. The number of benzene rings is 1. The minimum absolute atomic E-state index is 0.0613. The van der Waals surface area contributed by atoms with Gasteiger partial charge < -0.3 is 5.32 Å². The zero-order chi connectivity index (χ0) is 14.5. The number of carbonyl (C=O) groups excluding carboxylic acids is 1. The van der Waals surface area contributed by atoms with Crippen LogP contribution in [0.4, 0.5) is 11.4 Å². The molecule has 20 heavy (non-hydrogen) atoms. The summed E-state index contributed by atoms with van der Waals surface area (Å²) in [6.07, 6.45) is 1.35. The van der Waals surface area contributed by atoms with E-state index in [1.807, 2.05) is 0 Å². The summed E-state index contributed by atoms with van der Waals surface area (Å²) in [4.78, 5) is 25.9. The van der Waals surface area contributed by atoms with Crippen LogP contribution in [-0.4, -0.2) is 31.8 Å². The molecule has 0 aliphatic carbocycles. The van der Waals surface area contributed by atoms with Gasteiger partial charge in [-0.25, -0.2) is 4.98 Å². The summed E-state index contributed by atoms with van der Waals surface area (Å²) >= 11 is 1.20. The van der Waals surface area contributed by atoms with Crippen LogP contribution in [0.1, 0.15) is 5.56 Å². The number of nitro groups is 1. The Kier molecular flexibility index (Phi) is 4.31. The van der Waals surface area contributed by atoms with Gasteiger partial charge in [0.25, 0.3) is 5.69 Å². The van der Waals surface area contributed by atoms with Crippen LogP contribution < -0.4 is 5.32 Å². The Hall–Kier alpha value is -2.42. The van der Waals surface area contributed by atoms with E-state index in [0.29, 0.717) is 10.8 Å². The average molecular weight is 293 g/mol. The highest BCUT2D eigenvalue weighted by atomic mass is 32.2. The second-order valence-electron chi connectivity index (χ2n) is 3.88. The molecule has 2 N–H and O–H groups in total. The third-order valence-electron chi connectivity index (χ3n) is 2.44. The maximum Gasteiger partial charge on any atom is 0.271 e. The number of rotatable bonds is 5. The minimum Gasteiger partial charge on any atom is -0.325 e. The van der Waals surface area contributed by atoms with Gasteiger partial charge in [-0.15, -0.1) is 0 Å². The number of H-pyrrole nitrogens is 1. The zero-order valence-corrected chi connectivity index (χ0v) is 11.3. The lowest BCUT2D eigenvalue weighted by Crippen LogP contribution is -2.15. The van der Waals surface area contributed by atoms with Crippen LogP contribution in [0.25, 0.3) is 0 Å². The number of hydrogen-bond donors (Lipinski definition) is 2. The number of aryl methyl sites for hydroxylation is 1. The summed E-state index contributed by atoms with van der Waals surface area (Å²) in [5, 5.41) is 20.2. The van der Waals surface area contributed by atoms with Gasteiger partial charge in [0.05, 0.1) is 16.4 Å². The van der Waals surface area contributed by atoms with Crippen molar-refractivity contribution in [3.63, 3.8) is 0 Å². The average Bonchev–Trinajstić information content (AvgIpc) is 2.92. The van der Waals surface area contributed by atoms with Gasteiger partial charge in [-0.3, -0.25) is 20.0 Å². The molecule has 9 heteroatoms. The van der Waals surface area contributed by atoms with Crippen molar-refractivity contribution in [2.45, 2.75) is 12.1 Å². The van der Waals surface area contributed by atoms with E-state index in [-0.39, 0.29) is 17.3 Å². The van der Waals surface area contributed by atoms with Crippen molar-refractivity contribution in [2.75, 3.05) is 11.1 Å². The highest BCUT2D eigenvalue weighted by molar-refractivity contribution is 7.99. The highest BCUT2D eigenvalue weighted by Gasteiger charge is 2.11. The Morgan fingerprint density at radius 3 is 3.00 bits per heavy atom. The lowest BCUT2D eigenvalue weighted by Gasteiger charge is -2.07. The molecule has 1 aromatic heterocycles. The van der Waals surface area contributed by atoms with Gasteiger partial charge in [0, 0.05) is 12.1 Å². The third-order valence-corrected chi connectivity index (χ3v) is 3.32. The Morgan fingerprint density at radius 1 is 1.55 bits per heavy atom. The van der Waals surface area contributed by atoms with Gasteiger partial charge in [-0.05, 0) is 12.5 Å². The zero-order valence-electron chi connectivity index (χ0n) is 10.5. The standard InChI is InChI=1S/C11H11N5O3S/c1-7-2-3-8(16(18)19)4-9(7)14-10(17)5-20-11-12-6-13-15-11/h2-4,6H,5H2,1H3,(H,14,17)(H,12,13,15). The first kappa shape index (κ1) is 14.0. The van der Waals surface area contributed by atoms with Gasteiger partial charge in [-0.2, -0.15) is 5.10 Å². The van der Waals surface area contributed by atoms with Crippen molar-refractivity contribution < 1.29 is 9.72 Å². The molecule has 1 aromatic carbocycles. The number of nitro benzene ring substituents is 1. The fourth-order valence-electron chi connectivity index (χ4n) is 1.44. The minimum atomic E-state index is -0.502. The van der Waals surface area contributed by atoms with Crippen LogP contribution >= 0.6 is 11.8 Å². The highest BCUT2D eigenvalue weighted by Crippen LogP contribution is 2.22. The number of hydrogen-bond acceptors (Lipinski definition) is 6. The molecule has 0 aliphatic rings. The quantitative estimate of drug-likeness (QED) is 0.493. The molecule has 0 spiro atoms. The molecular formula is C11H11N5O3S. The molecule has 0 aliphatic heterocycles. The molecule has 1 heterocycles. The number of nitrogens with one attached hydrogen (secondary N) is 2. The van der Waals surface area contributed by atoms with Crippen molar-refractivity contribution >= 4 is 29.0 Å². The number of carbonyl (C=O) groups is 1. The van der Waals surface area contributed by atoms with E-state index >= 15 is 0 Å². The van der Waals surface area contributed by atoms with Gasteiger partial charge >= 0.3 is 0 Å². The molecule has 0 saturated heterocycles. The van der Waals surface area contributed by atoms with E-state index in [0.717, 1.165) is 5.56 Å². The van der Waals surface area contributed by atoms with Gasteiger partial charge in [0.15, 0.2) is 5.16 Å². The summed E-state index contributed by atoms with van der Waals surface area (Å²) in [5.74, 6) is -0.132. The van der Waals surface area contributed by atoms with Crippen LogP contribution in [0.15, 0.2) is 29.7 Å². The molecule has 0 atom stereocenters. The summed E-state index contributed by atoms with van der Waals surface area (Å²) in [5.41, 5.74) is 1.13. The fourth-order valence-corrected chi connectivity index (χ4v) is 2.02. The molecule has 0 bridgehead atoms. The molecule has 1 amide bonds. The second kappa shape index (κ2) is 6.15. The monoisotopic (exact) mass is 293 g/mol. The summed E-state index contributed by atoms with van der Waals surface area (Å²) in [6, 6.07) is 4.33. The van der Waals surface area contributed by atoms with Crippen molar-refractivity contribution in [1.29, 1.82) is 0 Å². The summed E-state index contributed by atoms with van der Waals surface area (Å²) < 4.78 is 0. The molecule has 0 saturated carbocycles. The SMILES string of the molecule is Cc1ccc([N+](=O)[O-])cc1NC(=O)CSc1ncn[nH]1. The van der Waals surface area contributed by atoms with Crippen LogP contribution in [0, 0.1) is 17.0 Å².